The molecule has 1 saturated heterocycles. The van der Waals surface area contributed by atoms with Gasteiger partial charge in [-0.25, -0.2) is 9.78 Å². The van der Waals surface area contributed by atoms with Crippen molar-refractivity contribution in [3.05, 3.63) is 53.6 Å². The summed E-state index contributed by atoms with van der Waals surface area (Å²) in [7, 11) is 0. The van der Waals surface area contributed by atoms with E-state index in [4.69, 9.17) is 10.1 Å². The van der Waals surface area contributed by atoms with Gasteiger partial charge in [0.1, 0.15) is 11.5 Å². The van der Waals surface area contributed by atoms with Crippen LogP contribution in [0, 0.1) is 17.2 Å². The molecule has 8 nitrogen and oxygen atoms in total. The van der Waals surface area contributed by atoms with Gasteiger partial charge in [-0.1, -0.05) is 23.5 Å². The molecule has 39 heavy (non-hydrogen) atoms. The maximum atomic E-state index is 13.0. The number of aromatic nitrogens is 1. The molecule has 1 aliphatic carbocycles. The van der Waals surface area contributed by atoms with E-state index in [-0.39, 0.29) is 41.3 Å². The molecule has 2 aliphatic rings. The number of hydrogen-bond acceptors (Lipinski definition) is 8. The number of halogens is 3. The minimum Gasteiger partial charge on any atom is -0.478 e. The van der Waals surface area contributed by atoms with E-state index in [0.29, 0.717) is 38.8 Å². The minimum atomic E-state index is -4.92. The maximum Gasteiger partial charge on any atom is 0.573 e. The molecule has 2 aromatic carbocycles. The van der Waals surface area contributed by atoms with Crippen molar-refractivity contribution in [1.82, 2.24) is 4.98 Å². The monoisotopic (exact) mass is 561 g/mol. The van der Waals surface area contributed by atoms with Crippen LogP contribution in [-0.2, 0) is 9.53 Å². The molecule has 1 aliphatic heterocycles. The zero-order valence-electron chi connectivity index (χ0n) is 20.7. The fourth-order valence-electron chi connectivity index (χ4n) is 4.68. The Bertz CT molecular complexity index is 1400. The number of aromatic carboxylic acids is 1. The van der Waals surface area contributed by atoms with E-state index in [1.54, 1.807) is 12.1 Å². The van der Waals surface area contributed by atoms with Crippen molar-refractivity contribution in [2.45, 2.75) is 38.1 Å². The second-order valence-electron chi connectivity index (χ2n) is 9.69. The van der Waals surface area contributed by atoms with Crippen LogP contribution in [0.2, 0.25) is 0 Å². The van der Waals surface area contributed by atoms with Gasteiger partial charge in [0.05, 0.1) is 40.1 Å². The topological polar surface area (TPSA) is 113 Å². The fraction of sp³-hybridized carbons (Fsp3) is 0.407. The Morgan fingerprint density at radius 2 is 1.85 bits per heavy atom. The number of thiazole rings is 1. The molecule has 1 unspecified atom stereocenters. The highest BCUT2D eigenvalue weighted by Gasteiger charge is 2.39. The molecule has 0 spiro atoms. The number of anilines is 1. The van der Waals surface area contributed by atoms with Crippen LogP contribution in [0.4, 0.5) is 18.3 Å². The SMILES string of the molecule is N=C(c1ccccc1OC(F)(F)F)C(COC1CCN(c2nc3ccc(C(=O)O)cc3s2)CC1)C(=O)C1CC1. The van der Waals surface area contributed by atoms with Crippen molar-refractivity contribution >= 4 is 44.1 Å². The third-order valence-corrected chi connectivity index (χ3v) is 7.99. The van der Waals surface area contributed by atoms with Crippen molar-refractivity contribution < 1.29 is 37.3 Å². The number of Topliss-reactive ketones (excluding diaryl/α,β-unsaturated/α-hetero) is 1. The molecule has 0 bridgehead atoms. The number of hydrogen-bond donors (Lipinski definition) is 2. The van der Waals surface area contributed by atoms with Gasteiger partial charge < -0.3 is 24.9 Å². The molecule has 2 heterocycles. The lowest BCUT2D eigenvalue weighted by Crippen LogP contribution is -2.39. The Kier molecular flexibility index (Phi) is 7.59. The summed E-state index contributed by atoms with van der Waals surface area (Å²) in [5.41, 5.74) is 0.625. The molecule has 12 heteroatoms. The van der Waals surface area contributed by atoms with Gasteiger partial charge in [-0.05, 0) is 56.0 Å². The molecule has 3 aromatic rings. The lowest BCUT2D eigenvalue weighted by atomic mass is 9.90. The number of nitrogens with one attached hydrogen (secondary N) is 1. The summed E-state index contributed by atoms with van der Waals surface area (Å²) in [5.74, 6) is -2.87. The van der Waals surface area contributed by atoms with E-state index in [0.717, 1.165) is 21.4 Å². The van der Waals surface area contributed by atoms with E-state index in [1.807, 2.05) is 0 Å². The number of para-hydroxylation sites is 1. The Hall–Kier alpha value is -3.51. The van der Waals surface area contributed by atoms with Crippen LogP contribution in [0.5, 0.6) is 5.75 Å². The van der Waals surface area contributed by atoms with Crippen molar-refractivity contribution in [3.63, 3.8) is 0 Å². The third kappa shape index (κ3) is 6.39. The van der Waals surface area contributed by atoms with Crippen molar-refractivity contribution in [1.29, 1.82) is 5.41 Å². The van der Waals surface area contributed by atoms with Crippen molar-refractivity contribution in [2.24, 2.45) is 11.8 Å². The van der Waals surface area contributed by atoms with Gasteiger partial charge in [0.25, 0.3) is 0 Å². The first kappa shape index (κ1) is 27.1. The highest BCUT2D eigenvalue weighted by Crippen LogP contribution is 2.36. The number of carbonyl (C=O) groups excluding carboxylic acids is 1. The van der Waals surface area contributed by atoms with Gasteiger partial charge in [0.2, 0.25) is 0 Å². The number of rotatable bonds is 10. The van der Waals surface area contributed by atoms with Gasteiger partial charge >= 0.3 is 12.3 Å². The largest absolute Gasteiger partial charge is 0.573 e. The first-order chi connectivity index (χ1) is 18.6. The summed E-state index contributed by atoms with van der Waals surface area (Å²) < 4.78 is 49.8. The number of piperidine rings is 1. The number of nitrogens with zero attached hydrogens (tertiary/aromatic N) is 2. The Morgan fingerprint density at radius 1 is 1.13 bits per heavy atom. The van der Waals surface area contributed by atoms with E-state index in [9.17, 15) is 27.9 Å². The first-order valence-corrected chi connectivity index (χ1v) is 13.4. The molecular weight excluding hydrogens is 535 g/mol. The molecule has 5 rings (SSSR count). The summed E-state index contributed by atoms with van der Waals surface area (Å²) in [6.45, 7) is 1.19. The molecule has 1 aromatic heterocycles. The minimum absolute atomic E-state index is 0.0749. The Labute approximate surface area is 225 Å². The molecule has 2 N–H and O–H groups in total. The smallest absolute Gasteiger partial charge is 0.478 e. The number of carbonyl (C=O) groups is 2. The molecule has 0 amide bonds. The first-order valence-electron chi connectivity index (χ1n) is 12.6. The quantitative estimate of drug-likeness (QED) is 0.313. The summed E-state index contributed by atoms with van der Waals surface area (Å²) in [4.78, 5) is 31.0. The molecule has 206 valence electrons. The van der Waals surface area contributed by atoms with Crippen molar-refractivity contribution in [2.75, 3.05) is 24.6 Å². The summed E-state index contributed by atoms with van der Waals surface area (Å²) in [6, 6.07) is 10.2. The van der Waals surface area contributed by atoms with E-state index >= 15 is 0 Å². The standard InChI is InChI=1S/C27H26F3N3O5S/c28-27(29,30)38-21-4-2-1-3-18(21)23(31)19(24(34)15-5-6-15)14-37-17-9-11-33(12-10-17)26-32-20-8-7-16(25(35)36)13-22(20)39-26/h1-4,7-8,13,15,17,19,31H,5-6,9-12,14H2,(H,35,36). The van der Waals surface area contributed by atoms with Crippen LogP contribution < -0.4 is 9.64 Å². The highest BCUT2D eigenvalue weighted by atomic mass is 32.1. The van der Waals surface area contributed by atoms with Crippen LogP contribution in [0.15, 0.2) is 42.5 Å². The zero-order chi connectivity index (χ0) is 27.7. The highest BCUT2D eigenvalue weighted by molar-refractivity contribution is 7.22. The summed E-state index contributed by atoms with van der Waals surface area (Å²) >= 11 is 1.42. The summed E-state index contributed by atoms with van der Waals surface area (Å²) in [6.07, 6.45) is -2.41. The average Bonchev–Trinajstić information content (AvgIpc) is 3.66. The van der Waals surface area contributed by atoms with Gasteiger partial charge in [-0.2, -0.15) is 0 Å². The van der Waals surface area contributed by atoms with Gasteiger partial charge in [-0.15, -0.1) is 13.2 Å². The molecule has 1 saturated carbocycles. The fourth-order valence-corrected chi connectivity index (χ4v) is 5.73. The lowest BCUT2D eigenvalue weighted by Gasteiger charge is -2.32. The van der Waals surface area contributed by atoms with Gasteiger partial charge in [-0.3, -0.25) is 4.79 Å². The Balaban J connectivity index is 1.23. The second kappa shape index (κ2) is 10.9. The maximum absolute atomic E-state index is 13.0. The zero-order valence-corrected chi connectivity index (χ0v) is 21.6. The van der Waals surface area contributed by atoms with Crippen LogP contribution in [0.1, 0.15) is 41.6 Å². The van der Waals surface area contributed by atoms with E-state index in [2.05, 4.69) is 14.6 Å². The van der Waals surface area contributed by atoms with Gasteiger partial charge in [0, 0.05) is 24.6 Å². The number of carboxylic acid groups (broad SMARTS) is 1. The molecule has 1 atom stereocenters. The predicted octanol–water partition coefficient (Wildman–Crippen LogP) is 5.54. The van der Waals surface area contributed by atoms with Crippen LogP contribution >= 0.6 is 11.3 Å². The second-order valence-corrected chi connectivity index (χ2v) is 10.7. The van der Waals surface area contributed by atoms with E-state index in [1.165, 1.54) is 35.6 Å². The lowest BCUT2D eigenvalue weighted by molar-refractivity contribution is -0.274. The third-order valence-electron chi connectivity index (χ3n) is 6.91. The van der Waals surface area contributed by atoms with E-state index < -0.39 is 24.0 Å². The van der Waals surface area contributed by atoms with Crippen LogP contribution in [-0.4, -0.2) is 59.7 Å². The normalized spacial score (nSPS) is 17.3. The molecule has 2 fully saturated rings. The average molecular weight is 562 g/mol. The Morgan fingerprint density at radius 3 is 2.51 bits per heavy atom. The van der Waals surface area contributed by atoms with Crippen LogP contribution in [0.3, 0.4) is 0 Å². The molecular formula is C27H26F3N3O5S. The number of fused-ring (bicyclic) bond motifs is 1. The van der Waals surface area contributed by atoms with Gasteiger partial charge in [0.15, 0.2) is 5.13 Å². The number of benzene rings is 2. The number of alkyl halides is 3. The number of ketones is 1. The number of ether oxygens (including phenoxy) is 2. The molecule has 0 radical (unpaired) electrons. The summed E-state index contributed by atoms with van der Waals surface area (Å²) in [5, 5.41) is 18.6. The van der Waals surface area contributed by atoms with Crippen molar-refractivity contribution in [3.8, 4) is 5.75 Å². The van der Waals surface area contributed by atoms with Crippen LogP contribution in [0.25, 0.3) is 10.2 Å². The predicted molar refractivity (Wildman–Crippen MR) is 139 cm³/mol. The number of carboxylic acids is 1.